The van der Waals surface area contributed by atoms with Crippen molar-refractivity contribution in [2.45, 2.75) is 46.3 Å². The minimum atomic E-state index is -4.71. The van der Waals surface area contributed by atoms with Gasteiger partial charge in [-0.3, -0.25) is 19.2 Å². The number of hydrogen-bond acceptors (Lipinski definition) is 9. The lowest BCUT2D eigenvalue weighted by atomic mass is 9.99. The number of amides is 2. The number of benzene rings is 1. The molecule has 3 heterocycles. The number of carbonyl (C=O) groups excluding carboxylic acids is 1. The molecule has 13 nitrogen and oxygen atoms in total. The number of rotatable bonds is 13. The standard InChI is InChI=1S/C30H33F3N5O8PS/c1-5-18(14-46-47(43,44)45-13-16(3)4)38-12-22(28(40)41)26(39)20-9-17(7-8-23(20)38)21-11-35-25(37-29(42)34-6-2)10-19(21)27-36-24(15-48-27)30(31,32)33/h7-12,15-16,18H,5-6,13-14H2,1-4H3,(H,40,41)(H,43,44)(H2,34,35,37,42)/t18-/m1/s1. The first kappa shape index (κ1) is 36.7. The number of aromatic carboxylic acids is 1. The zero-order valence-electron chi connectivity index (χ0n) is 26.2. The number of thiazole rings is 1. The van der Waals surface area contributed by atoms with Crippen molar-refractivity contribution < 1.29 is 46.4 Å². The summed E-state index contributed by atoms with van der Waals surface area (Å²) in [6, 6.07) is 4.50. The molecular weight excluding hydrogens is 678 g/mol. The number of alkyl halides is 3. The molecule has 0 aliphatic rings. The van der Waals surface area contributed by atoms with Crippen LogP contribution in [0, 0.1) is 5.92 Å². The number of aromatic nitrogens is 3. The van der Waals surface area contributed by atoms with E-state index in [2.05, 4.69) is 20.6 Å². The van der Waals surface area contributed by atoms with Gasteiger partial charge in [0.1, 0.15) is 16.4 Å². The maximum atomic E-state index is 13.5. The summed E-state index contributed by atoms with van der Waals surface area (Å²) < 4.78 is 64.5. The number of phosphoric ester groups is 1. The summed E-state index contributed by atoms with van der Waals surface area (Å²) in [7, 11) is -4.45. The quantitative estimate of drug-likeness (QED) is 0.108. The maximum Gasteiger partial charge on any atom is 0.472 e. The average Bonchev–Trinajstić information content (AvgIpc) is 3.52. The number of carboxylic acids is 1. The minimum Gasteiger partial charge on any atom is -0.477 e. The molecule has 3 aromatic heterocycles. The number of halogens is 3. The van der Waals surface area contributed by atoms with Gasteiger partial charge < -0.3 is 19.9 Å². The lowest BCUT2D eigenvalue weighted by Gasteiger charge is -2.23. The second-order valence-electron chi connectivity index (χ2n) is 11.0. The number of phosphoric acid groups is 1. The van der Waals surface area contributed by atoms with Crippen LogP contribution in [0.5, 0.6) is 0 Å². The SMILES string of the molecule is CCNC(=O)Nc1cc(-c2nc(C(F)(F)F)cs2)c(-c2ccc3c(c2)c(=O)c(C(=O)O)cn3[C@H](CC)COP(=O)(O)OCC(C)C)cn1. The average molecular weight is 712 g/mol. The van der Waals surface area contributed by atoms with Crippen LogP contribution in [-0.4, -0.2) is 56.3 Å². The highest BCUT2D eigenvalue weighted by molar-refractivity contribution is 7.47. The van der Waals surface area contributed by atoms with Gasteiger partial charge in [-0.1, -0.05) is 26.8 Å². The first-order valence-electron chi connectivity index (χ1n) is 14.7. The molecule has 0 aliphatic carbocycles. The Morgan fingerprint density at radius 2 is 1.83 bits per heavy atom. The Morgan fingerprint density at radius 1 is 1.12 bits per heavy atom. The lowest BCUT2D eigenvalue weighted by molar-refractivity contribution is -0.140. The number of hydrogen-bond donors (Lipinski definition) is 4. The normalized spacial score (nSPS) is 13.8. The molecule has 0 saturated carbocycles. The summed E-state index contributed by atoms with van der Waals surface area (Å²) in [6.45, 7) is 6.92. The van der Waals surface area contributed by atoms with Crippen LogP contribution in [0.1, 0.15) is 56.2 Å². The monoisotopic (exact) mass is 711 g/mol. The van der Waals surface area contributed by atoms with E-state index >= 15 is 0 Å². The van der Waals surface area contributed by atoms with Crippen molar-refractivity contribution in [3.05, 3.63) is 63.5 Å². The summed E-state index contributed by atoms with van der Waals surface area (Å²) in [5, 5.41) is 15.7. The molecule has 0 fully saturated rings. The van der Waals surface area contributed by atoms with Gasteiger partial charge in [0.15, 0.2) is 5.69 Å². The van der Waals surface area contributed by atoms with E-state index in [1.165, 1.54) is 29.0 Å². The van der Waals surface area contributed by atoms with Crippen molar-refractivity contribution in [3.8, 4) is 21.7 Å². The molecule has 18 heteroatoms. The Balaban J connectivity index is 1.85. The van der Waals surface area contributed by atoms with Gasteiger partial charge in [-0.15, -0.1) is 11.3 Å². The molecular formula is C30H33F3N5O8PS. The molecule has 2 amide bonds. The molecule has 0 spiro atoms. The number of urea groups is 1. The Bertz CT molecular complexity index is 1930. The van der Waals surface area contributed by atoms with Crippen molar-refractivity contribution in [1.82, 2.24) is 19.9 Å². The topological polar surface area (TPSA) is 182 Å². The molecule has 4 aromatic rings. The van der Waals surface area contributed by atoms with E-state index in [0.29, 0.717) is 24.3 Å². The molecule has 0 radical (unpaired) electrons. The third-order valence-corrected chi connectivity index (χ3v) is 8.77. The zero-order valence-corrected chi connectivity index (χ0v) is 27.9. The third-order valence-electron chi connectivity index (χ3n) is 6.95. The van der Waals surface area contributed by atoms with Crippen LogP contribution in [-0.2, 0) is 19.8 Å². The number of carbonyl (C=O) groups is 2. The number of carboxylic acid groups (broad SMARTS) is 1. The summed E-state index contributed by atoms with van der Waals surface area (Å²) in [6.07, 6.45) is -1.99. The fourth-order valence-electron chi connectivity index (χ4n) is 4.61. The smallest absolute Gasteiger partial charge is 0.472 e. The molecule has 1 unspecified atom stereocenters. The largest absolute Gasteiger partial charge is 0.477 e. The van der Waals surface area contributed by atoms with Crippen LogP contribution in [0.3, 0.4) is 0 Å². The minimum absolute atomic E-state index is 0.0177. The molecule has 2 atom stereocenters. The van der Waals surface area contributed by atoms with Crippen molar-refractivity contribution >= 4 is 47.9 Å². The Labute approximate surface area is 276 Å². The van der Waals surface area contributed by atoms with E-state index < -0.39 is 48.7 Å². The van der Waals surface area contributed by atoms with E-state index in [1.54, 1.807) is 33.8 Å². The number of anilines is 1. The van der Waals surface area contributed by atoms with E-state index in [9.17, 15) is 42.1 Å². The highest BCUT2D eigenvalue weighted by Gasteiger charge is 2.34. The molecule has 1 aromatic carbocycles. The van der Waals surface area contributed by atoms with Crippen LogP contribution in [0.4, 0.5) is 23.8 Å². The number of nitrogens with zero attached hydrogens (tertiary/aromatic N) is 3. The third kappa shape index (κ3) is 8.65. The first-order valence-corrected chi connectivity index (χ1v) is 17.0. The Hall–Kier alpha value is -4.15. The van der Waals surface area contributed by atoms with Gasteiger partial charge >= 0.3 is 26.0 Å². The zero-order chi connectivity index (χ0) is 35.4. The summed E-state index contributed by atoms with van der Waals surface area (Å²) in [5.41, 5.74) is -1.59. The van der Waals surface area contributed by atoms with Crippen LogP contribution in [0.25, 0.3) is 32.6 Å². The van der Waals surface area contributed by atoms with E-state index in [1.807, 2.05) is 0 Å². The van der Waals surface area contributed by atoms with Crippen LogP contribution >= 0.6 is 19.2 Å². The Morgan fingerprint density at radius 3 is 2.44 bits per heavy atom. The molecule has 0 saturated heterocycles. The van der Waals surface area contributed by atoms with Gasteiger partial charge in [0.25, 0.3) is 0 Å². The Kier molecular flexibility index (Phi) is 11.4. The molecule has 258 valence electrons. The second-order valence-corrected chi connectivity index (χ2v) is 13.3. The van der Waals surface area contributed by atoms with Crippen molar-refractivity contribution in [2.75, 3.05) is 25.1 Å². The van der Waals surface area contributed by atoms with Gasteiger partial charge in [0, 0.05) is 40.8 Å². The molecule has 0 bridgehead atoms. The van der Waals surface area contributed by atoms with Crippen molar-refractivity contribution in [2.24, 2.45) is 5.92 Å². The predicted molar refractivity (Wildman–Crippen MR) is 173 cm³/mol. The van der Waals surface area contributed by atoms with Gasteiger partial charge in [-0.2, -0.15) is 13.2 Å². The molecule has 48 heavy (non-hydrogen) atoms. The van der Waals surface area contributed by atoms with E-state index in [4.69, 9.17) is 9.05 Å². The van der Waals surface area contributed by atoms with Gasteiger partial charge in [0.05, 0.1) is 24.8 Å². The number of fused-ring (bicyclic) bond motifs is 1. The summed E-state index contributed by atoms with van der Waals surface area (Å²) in [4.78, 5) is 55.9. The van der Waals surface area contributed by atoms with Crippen LogP contribution in [0.15, 0.2) is 46.8 Å². The number of pyridine rings is 2. The predicted octanol–water partition coefficient (Wildman–Crippen LogP) is 6.79. The van der Waals surface area contributed by atoms with Crippen LogP contribution in [0.2, 0.25) is 0 Å². The van der Waals surface area contributed by atoms with E-state index in [0.717, 1.165) is 11.6 Å². The highest BCUT2D eigenvalue weighted by Crippen LogP contribution is 2.45. The fourth-order valence-corrected chi connectivity index (χ4v) is 6.39. The first-order chi connectivity index (χ1) is 22.5. The van der Waals surface area contributed by atoms with E-state index in [-0.39, 0.29) is 57.6 Å². The highest BCUT2D eigenvalue weighted by atomic mass is 32.1. The van der Waals surface area contributed by atoms with Gasteiger partial charge in [-0.25, -0.2) is 24.1 Å². The summed E-state index contributed by atoms with van der Waals surface area (Å²) in [5.74, 6) is -1.54. The maximum absolute atomic E-state index is 13.5. The fraction of sp³-hybridized carbons (Fsp3) is 0.367. The molecule has 0 aliphatic heterocycles. The molecule has 4 rings (SSSR count). The van der Waals surface area contributed by atoms with Gasteiger partial charge in [0.2, 0.25) is 5.43 Å². The summed E-state index contributed by atoms with van der Waals surface area (Å²) >= 11 is 0.713. The molecule has 4 N–H and O–H groups in total. The lowest BCUT2D eigenvalue weighted by Crippen LogP contribution is -2.28. The van der Waals surface area contributed by atoms with Crippen LogP contribution < -0.4 is 16.1 Å². The van der Waals surface area contributed by atoms with Gasteiger partial charge in [-0.05, 0) is 43.0 Å². The van der Waals surface area contributed by atoms with Crippen molar-refractivity contribution in [3.63, 3.8) is 0 Å². The van der Waals surface area contributed by atoms with Crippen molar-refractivity contribution in [1.29, 1.82) is 0 Å². The second kappa shape index (κ2) is 15.0. The number of nitrogens with one attached hydrogen (secondary N) is 2.